The number of aryl methyl sites for hydroxylation is 1. The minimum atomic E-state index is 0.713. The van der Waals surface area contributed by atoms with Crippen LogP contribution in [0.3, 0.4) is 0 Å². The first kappa shape index (κ1) is 14.1. The van der Waals surface area contributed by atoms with Crippen LogP contribution in [0.15, 0.2) is 24.3 Å². The van der Waals surface area contributed by atoms with E-state index in [-0.39, 0.29) is 0 Å². The molecule has 2 N–H and O–H groups in total. The molecule has 0 spiro atoms. The van der Waals surface area contributed by atoms with E-state index in [1.165, 1.54) is 45.2 Å². The lowest BCUT2D eigenvalue weighted by Crippen LogP contribution is -2.45. The third-order valence-electron chi connectivity index (χ3n) is 5.39. The maximum atomic E-state index is 5.89. The highest BCUT2D eigenvalue weighted by Crippen LogP contribution is 2.33. The summed E-state index contributed by atoms with van der Waals surface area (Å²) in [6.07, 6.45) is 6.61. The molecule has 0 radical (unpaired) electrons. The van der Waals surface area contributed by atoms with Crippen molar-refractivity contribution < 1.29 is 0 Å². The van der Waals surface area contributed by atoms with Crippen LogP contribution in [-0.2, 0) is 6.42 Å². The van der Waals surface area contributed by atoms with Crippen LogP contribution in [-0.4, -0.2) is 30.6 Å². The molecule has 1 aliphatic carbocycles. The van der Waals surface area contributed by atoms with Gasteiger partial charge in [-0.3, -0.25) is 4.90 Å². The van der Waals surface area contributed by atoms with Crippen molar-refractivity contribution in [1.29, 1.82) is 0 Å². The molecule has 110 valence electrons. The Balaban J connectivity index is 1.71. The van der Waals surface area contributed by atoms with Crippen LogP contribution in [0.4, 0.5) is 0 Å². The Kier molecular flexibility index (Phi) is 4.42. The summed E-state index contributed by atoms with van der Waals surface area (Å²) in [7, 11) is 0. The molecule has 1 fully saturated rings. The minimum Gasteiger partial charge on any atom is -0.330 e. The number of fused-ring (bicyclic) bond motifs is 1. The Bertz CT molecular complexity index is 443. The summed E-state index contributed by atoms with van der Waals surface area (Å²) in [5.74, 6) is 1.45. The Hall–Kier alpha value is -0.860. The monoisotopic (exact) mass is 272 g/mol. The van der Waals surface area contributed by atoms with Gasteiger partial charge >= 0.3 is 0 Å². The minimum absolute atomic E-state index is 0.713. The van der Waals surface area contributed by atoms with Gasteiger partial charge in [0.05, 0.1) is 0 Å². The van der Waals surface area contributed by atoms with E-state index >= 15 is 0 Å². The first-order chi connectivity index (χ1) is 9.78. The van der Waals surface area contributed by atoms with Crippen molar-refractivity contribution in [3.05, 3.63) is 35.4 Å². The Labute approximate surface area is 123 Å². The molecule has 2 aliphatic rings. The molecule has 0 bridgehead atoms. The van der Waals surface area contributed by atoms with Gasteiger partial charge in [0.2, 0.25) is 0 Å². The van der Waals surface area contributed by atoms with Gasteiger partial charge in [-0.15, -0.1) is 0 Å². The van der Waals surface area contributed by atoms with Crippen molar-refractivity contribution in [3.8, 4) is 0 Å². The Morgan fingerprint density at radius 2 is 2.05 bits per heavy atom. The van der Waals surface area contributed by atoms with Gasteiger partial charge in [-0.2, -0.15) is 0 Å². The second-order valence-electron chi connectivity index (χ2n) is 6.77. The van der Waals surface area contributed by atoms with Gasteiger partial charge in [0.25, 0.3) is 0 Å². The van der Waals surface area contributed by atoms with Crippen LogP contribution < -0.4 is 5.73 Å². The highest BCUT2D eigenvalue weighted by atomic mass is 15.2. The number of rotatable bonds is 3. The average molecular weight is 272 g/mol. The van der Waals surface area contributed by atoms with E-state index < -0.39 is 0 Å². The van der Waals surface area contributed by atoms with Gasteiger partial charge in [0, 0.05) is 19.1 Å². The summed E-state index contributed by atoms with van der Waals surface area (Å²) in [5.41, 5.74) is 9.09. The molecule has 3 atom stereocenters. The van der Waals surface area contributed by atoms with E-state index in [2.05, 4.69) is 36.1 Å². The topological polar surface area (TPSA) is 29.3 Å². The standard InChI is InChI=1S/C18H28N2/c1-14-9-10-15(11-19)12-20(14)13-17-7-4-6-16-5-2-3-8-18(16)17/h2-3,5,8,14-15,17H,4,6-7,9-13,19H2,1H3. The molecule has 1 aromatic carbocycles. The first-order valence-corrected chi connectivity index (χ1v) is 8.30. The Morgan fingerprint density at radius 3 is 2.90 bits per heavy atom. The lowest BCUT2D eigenvalue weighted by Gasteiger charge is -2.40. The van der Waals surface area contributed by atoms with E-state index in [4.69, 9.17) is 5.73 Å². The normalized spacial score (nSPS) is 31.0. The molecule has 3 rings (SSSR count). The third kappa shape index (κ3) is 2.91. The fourth-order valence-electron chi connectivity index (χ4n) is 4.04. The van der Waals surface area contributed by atoms with Gasteiger partial charge in [0.15, 0.2) is 0 Å². The van der Waals surface area contributed by atoms with Gasteiger partial charge in [-0.05, 0) is 68.5 Å². The maximum absolute atomic E-state index is 5.89. The molecule has 2 nitrogen and oxygen atoms in total. The smallest absolute Gasteiger partial charge is 0.00674 e. The number of hydrogen-bond donors (Lipinski definition) is 1. The van der Waals surface area contributed by atoms with E-state index in [0.717, 1.165) is 18.5 Å². The lowest BCUT2D eigenvalue weighted by molar-refractivity contribution is 0.110. The van der Waals surface area contributed by atoms with Crippen molar-refractivity contribution >= 4 is 0 Å². The van der Waals surface area contributed by atoms with Crippen molar-refractivity contribution in [3.63, 3.8) is 0 Å². The van der Waals surface area contributed by atoms with E-state index in [1.807, 2.05) is 0 Å². The van der Waals surface area contributed by atoms with E-state index in [0.29, 0.717) is 5.92 Å². The molecular formula is C18H28N2. The van der Waals surface area contributed by atoms with Crippen LogP contribution in [0.25, 0.3) is 0 Å². The number of nitrogens with two attached hydrogens (primary N) is 1. The predicted molar refractivity (Wildman–Crippen MR) is 84.9 cm³/mol. The third-order valence-corrected chi connectivity index (χ3v) is 5.39. The molecule has 20 heavy (non-hydrogen) atoms. The van der Waals surface area contributed by atoms with Crippen LogP contribution in [0, 0.1) is 5.92 Å². The van der Waals surface area contributed by atoms with Gasteiger partial charge in [0.1, 0.15) is 0 Å². The molecule has 0 saturated carbocycles. The van der Waals surface area contributed by atoms with Crippen molar-refractivity contribution in [1.82, 2.24) is 4.90 Å². The molecular weight excluding hydrogens is 244 g/mol. The van der Waals surface area contributed by atoms with Crippen molar-refractivity contribution in [2.75, 3.05) is 19.6 Å². The van der Waals surface area contributed by atoms with Crippen molar-refractivity contribution in [2.24, 2.45) is 11.7 Å². The molecule has 3 unspecified atom stereocenters. The van der Waals surface area contributed by atoms with Gasteiger partial charge < -0.3 is 5.73 Å². The molecule has 1 aliphatic heterocycles. The number of hydrogen-bond acceptors (Lipinski definition) is 2. The van der Waals surface area contributed by atoms with Crippen LogP contribution in [0.5, 0.6) is 0 Å². The Morgan fingerprint density at radius 1 is 1.20 bits per heavy atom. The fourth-order valence-corrected chi connectivity index (χ4v) is 4.04. The fraction of sp³-hybridized carbons (Fsp3) is 0.667. The van der Waals surface area contributed by atoms with E-state index in [9.17, 15) is 0 Å². The second kappa shape index (κ2) is 6.28. The maximum Gasteiger partial charge on any atom is 0.00674 e. The van der Waals surface area contributed by atoms with Gasteiger partial charge in [-0.1, -0.05) is 24.3 Å². The molecule has 0 amide bonds. The summed E-state index contributed by atoms with van der Waals surface area (Å²) >= 11 is 0. The number of benzene rings is 1. The second-order valence-corrected chi connectivity index (χ2v) is 6.77. The predicted octanol–water partition coefficient (Wildman–Crippen LogP) is 3.17. The number of likely N-dealkylation sites (tertiary alicyclic amines) is 1. The van der Waals surface area contributed by atoms with Crippen LogP contribution >= 0.6 is 0 Å². The van der Waals surface area contributed by atoms with Crippen LogP contribution in [0.1, 0.15) is 49.7 Å². The molecule has 1 aromatic rings. The summed E-state index contributed by atoms with van der Waals surface area (Å²) < 4.78 is 0. The largest absolute Gasteiger partial charge is 0.330 e. The summed E-state index contributed by atoms with van der Waals surface area (Å²) in [4.78, 5) is 2.70. The highest BCUT2D eigenvalue weighted by Gasteiger charge is 2.28. The average Bonchev–Trinajstić information content (AvgIpc) is 2.50. The summed E-state index contributed by atoms with van der Waals surface area (Å²) in [6, 6.07) is 9.80. The zero-order chi connectivity index (χ0) is 13.9. The van der Waals surface area contributed by atoms with Gasteiger partial charge in [-0.25, -0.2) is 0 Å². The highest BCUT2D eigenvalue weighted by molar-refractivity contribution is 5.32. The summed E-state index contributed by atoms with van der Waals surface area (Å²) in [5, 5.41) is 0. The quantitative estimate of drug-likeness (QED) is 0.916. The number of piperidine rings is 1. The zero-order valence-electron chi connectivity index (χ0n) is 12.7. The molecule has 1 heterocycles. The lowest BCUT2D eigenvalue weighted by atomic mass is 9.81. The molecule has 0 aromatic heterocycles. The van der Waals surface area contributed by atoms with E-state index in [1.54, 1.807) is 11.1 Å². The molecule has 1 saturated heterocycles. The first-order valence-electron chi connectivity index (χ1n) is 8.30. The zero-order valence-corrected chi connectivity index (χ0v) is 12.7. The molecule has 2 heteroatoms. The summed E-state index contributed by atoms with van der Waals surface area (Å²) in [6.45, 7) is 5.68. The van der Waals surface area contributed by atoms with Crippen molar-refractivity contribution in [2.45, 2.75) is 51.0 Å². The van der Waals surface area contributed by atoms with Crippen LogP contribution in [0.2, 0.25) is 0 Å². The SMILES string of the molecule is CC1CCC(CN)CN1CC1CCCc2ccccc21. The number of nitrogens with zero attached hydrogens (tertiary/aromatic N) is 1.